The van der Waals surface area contributed by atoms with Crippen LogP contribution in [0.4, 0.5) is 0 Å². The number of ether oxygens (including phenoxy) is 2. The van der Waals surface area contributed by atoms with E-state index in [2.05, 4.69) is 24.1 Å². The lowest BCUT2D eigenvalue weighted by molar-refractivity contribution is 0.0676. The minimum atomic E-state index is 0.460. The molecule has 2 rings (SSSR count). The molecule has 0 bridgehead atoms. The van der Waals surface area contributed by atoms with E-state index in [1.165, 1.54) is 25.7 Å². The van der Waals surface area contributed by atoms with E-state index in [9.17, 15) is 0 Å². The molecular formula is C16H32N2O2. The highest BCUT2D eigenvalue weighted by atomic mass is 16.5. The summed E-state index contributed by atoms with van der Waals surface area (Å²) in [6.07, 6.45) is 5.33. The van der Waals surface area contributed by atoms with Crippen LogP contribution in [-0.4, -0.2) is 63.0 Å². The Morgan fingerprint density at radius 2 is 2.15 bits per heavy atom. The summed E-state index contributed by atoms with van der Waals surface area (Å²) < 4.78 is 11.4. The van der Waals surface area contributed by atoms with Gasteiger partial charge in [-0.25, -0.2) is 0 Å². The van der Waals surface area contributed by atoms with Gasteiger partial charge in [-0.3, -0.25) is 4.90 Å². The van der Waals surface area contributed by atoms with Crippen molar-refractivity contribution in [2.24, 2.45) is 5.92 Å². The Balaban J connectivity index is 1.82. The molecule has 3 unspecified atom stereocenters. The van der Waals surface area contributed by atoms with Gasteiger partial charge in [0.2, 0.25) is 0 Å². The molecule has 0 aromatic rings. The van der Waals surface area contributed by atoms with Crippen LogP contribution >= 0.6 is 0 Å². The first kappa shape index (κ1) is 16.2. The van der Waals surface area contributed by atoms with Crippen molar-refractivity contribution in [1.82, 2.24) is 10.2 Å². The zero-order valence-electron chi connectivity index (χ0n) is 13.3. The Kier molecular flexibility index (Phi) is 7.28. The van der Waals surface area contributed by atoms with Gasteiger partial charge < -0.3 is 14.8 Å². The highest BCUT2D eigenvalue weighted by Gasteiger charge is 2.28. The van der Waals surface area contributed by atoms with E-state index in [-0.39, 0.29) is 0 Å². The maximum absolute atomic E-state index is 5.79. The van der Waals surface area contributed by atoms with E-state index >= 15 is 0 Å². The molecule has 4 heteroatoms. The molecule has 2 heterocycles. The summed E-state index contributed by atoms with van der Waals surface area (Å²) in [6.45, 7) is 11.8. The van der Waals surface area contributed by atoms with Crippen LogP contribution in [0.5, 0.6) is 0 Å². The Bertz CT molecular complexity index is 251. The molecule has 0 amide bonds. The lowest BCUT2D eigenvalue weighted by Crippen LogP contribution is -2.47. The van der Waals surface area contributed by atoms with Crippen molar-refractivity contribution in [3.05, 3.63) is 0 Å². The van der Waals surface area contributed by atoms with Crippen LogP contribution in [0.3, 0.4) is 0 Å². The molecule has 2 aliphatic heterocycles. The van der Waals surface area contributed by atoms with Crippen LogP contribution in [0.1, 0.15) is 39.5 Å². The molecule has 2 saturated heterocycles. The molecule has 4 nitrogen and oxygen atoms in total. The second-order valence-electron chi connectivity index (χ2n) is 6.17. The Labute approximate surface area is 124 Å². The fraction of sp³-hybridized carbons (Fsp3) is 1.00. The van der Waals surface area contributed by atoms with E-state index in [1.807, 2.05) is 0 Å². The third-order valence-corrected chi connectivity index (χ3v) is 4.58. The number of rotatable bonds is 9. The molecule has 20 heavy (non-hydrogen) atoms. The molecule has 0 aliphatic carbocycles. The predicted octanol–water partition coefficient (Wildman–Crippen LogP) is 1.89. The van der Waals surface area contributed by atoms with Gasteiger partial charge >= 0.3 is 0 Å². The summed E-state index contributed by atoms with van der Waals surface area (Å²) in [5.74, 6) is 0.681. The molecule has 1 N–H and O–H groups in total. The van der Waals surface area contributed by atoms with Gasteiger partial charge in [0, 0.05) is 38.3 Å². The van der Waals surface area contributed by atoms with Crippen molar-refractivity contribution in [2.75, 3.05) is 46.0 Å². The standard InChI is InChI=1S/C16H32N2O2/c1-3-8-17-16(14-7-10-19-13-14)12-18(4-2)11-15-6-5-9-20-15/h14-17H,3-13H2,1-2H3. The van der Waals surface area contributed by atoms with Gasteiger partial charge in [-0.1, -0.05) is 13.8 Å². The van der Waals surface area contributed by atoms with E-state index < -0.39 is 0 Å². The van der Waals surface area contributed by atoms with Gasteiger partial charge in [-0.05, 0) is 38.8 Å². The van der Waals surface area contributed by atoms with Crippen LogP contribution in [0.15, 0.2) is 0 Å². The molecule has 2 fully saturated rings. The fourth-order valence-corrected chi connectivity index (χ4v) is 3.27. The fourth-order valence-electron chi connectivity index (χ4n) is 3.27. The number of likely N-dealkylation sites (N-methyl/N-ethyl adjacent to an activating group) is 1. The summed E-state index contributed by atoms with van der Waals surface area (Å²) in [7, 11) is 0. The van der Waals surface area contributed by atoms with Crippen molar-refractivity contribution < 1.29 is 9.47 Å². The van der Waals surface area contributed by atoms with E-state index in [1.54, 1.807) is 0 Å². The van der Waals surface area contributed by atoms with E-state index in [0.29, 0.717) is 18.1 Å². The summed E-state index contributed by atoms with van der Waals surface area (Å²) >= 11 is 0. The topological polar surface area (TPSA) is 33.7 Å². The van der Waals surface area contributed by atoms with Crippen LogP contribution < -0.4 is 5.32 Å². The summed E-state index contributed by atoms with van der Waals surface area (Å²) in [5, 5.41) is 3.74. The Hall–Kier alpha value is -0.160. The lowest BCUT2D eigenvalue weighted by atomic mass is 9.98. The zero-order valence-corrected chi connectivity index (χ0v) is 13.3. The molecule has 2 aliphatic rings. The maximum Gasteiger partial charge on any atom is 0.0702 e. The minimum absolute atomic E-state index is 0.460. The molecule has 0 saturated carbocycles. The largest absolute Gasteiger partial charge is 0.381 e. The molecular weight excluding hydrogens is 252 g/mol. The van der Waals surface area contributed by atoms with Crippen LogP contribution in [0.25, 0.3) is 0 Å². The molecule has 0 radical (unpaired) electrons. The average molecular weight is 284 g/mol. The summed E-state index contributed by atoms with van der Waals surface area (Å²) in [4.78, 5) is 2.56. The quantitative estimate of drug-likeness (QED) is 0.701. The van der Waals surface area contributed by atoms with E-state index in [0.717, 1.165) is 46.0 Å². The smallest absolute Gasteiger partial charge is 0.0702 e. The van der Waals surface area contributed by atoms with Gasteiger partial charge in [-0.15, -0.1) is 0 Å². The van der Waals surface area contributed by atoms with Crippen LogP contribution in [0.2, 0.25) is 0 Å². The lowest BCUT2D eigenvalue weighted by Gasteiger charge is -2.31. The first-order valence-electron chi connectivity index (χ1n) is 8.48. The molecule has 0 aromatic heterocycles. The highest BCUT2D eigenvalue weighted by Crippen LogP contribution is 2.19. The van der Waals surface area contributed by atoms with Crippen molar-refractivity contribution in [1.29, 1.82) is 0 Å². The number of nitrogens with zero attached hydrogens (tertiary/aromatic N) is 1. The molecule has 3 atom stereocenters. The number of nitrogens with one attached hydrogen (secondary N) is 1. The van der Waals surface area contributed by atoms with Gasteiger partial charge in [0.15, 0.2) is 0 Å². The van der Waals surface area contributed by atoms with Crippen molar-refractivity contribution in [2.45, 2.75) is 51.7 Å². The zero-order chi connectivity index (χ0) is 14.2. The molecule has 0 spiro atoms. The summed E-state index contributed by atoms with van der Waals surface area (Å²) in [5.41, 5.74) is 0. The van der Waals surface area contributed by atoms with Crippen LogP contribution in [0, 0.1) is 5.92 Å². The Morgan fingerprint density at radius 3 is 2.75 bits per heavy atom. The third-order valence-electron chi connectivity index (χ3n) is 4.58. The minimum Gasteiger partial charge on any atom is -0.381 e. The number of hydrogen-bond donors (Lipinski definition) is 1. The third kappa shape index (κ3) is 4.99. The number of hydrogen-bond acceptors (Lipinski definition) is 4. The SMILES string of the molecule is CCCNC(CN(CC)CC1CCCO1)C1CCOC1. The van der Waals surface area contributed by atoms with Crippen molar-refractivity contribution >= 4 is 0 Å². The normalized spacial score (nSPS) is 28.4. The monoisotopic (exact) mass is 284 g/mol. The second kappa shape index (κ2) is 8.98. The van der Waals surface area contributed by atoms with Crippen LogP contribution in [-0.2, 0) is 9.47 Å². The average Bonchev–Trinajstić information content (AvgIpc) is 3.14. The maximum atomic E-state index is 5.79. The highest BCUT2D eigenvalue weighted by molar-refractivity contribution is 4.83. The van der Waals surface area contributed by atoms with Gasteiger partial charge in [0.25, 0.3) is 0 Å². The van der Waals surface area contributed by atoms with Crippen molar-refractivity contribution in [3.8, 4) is 0 Å². The van der Waals surface area contributed by atoms with E-state index in [4.69, 9.17) is 9.47 Å². The first-order valence-corrected chi connectivity index (χ1v) is 8.48. The van der Waals surface area contributed by atoms with Gasteiger partial charge in [0.05, 0.1) is 12.7 Å². The Morgan fingerprint density at radius 1 is 1.25 bits per heavy atom. The molecule has 0 aromatic carbocycles. The van der Waals surface area contributed by atoms with Gasteiger partial charge in [-0.2, -0.15) is 0 Å². The second-order valence-corrected chi connectivity index (χ2v) is 6.17. The van der Waals surface area contributed by atoms with Crippen molar-refractivity contribution in [3.63, 3.8) is 0 Å². The first-order chi connectivity index (χ1) is 9.83. The summed E-state index contributed by atoms with van der Waals surface area (Å²) in [6, 6.07) is 0.568. The van der Waals surface area contributed by atoms with Gasteiger partial charge in [0.1, 0.15) is 0 Å². The predicted molar refractivity (Wildman–Crippen MR) is 82.1 cm³/mol. The molecule has 118 valence electrons.